The van der Waals surface area contributed by atoms with E-state index in [1.807, 2.05) is 19.1 Å². The van der Waals surface area contributed by atoms with Crippen molar-refractivity contribution >= 4 is 11.6 Å². The van der Waals surface area contributed by atoms with E-state index in [2.05, 4.69) is 10.2 Å². The molecule has 1 fully saturated rings. The number of likely N-dealkylation sites (tertiary alicyclic amines) is 1. The van der Waals surface area contributed by atoms with E-state index in [1.165, 1.54) is 25.7 Å². The third-order valence-corrected chi connectivity index (χ3v) is 4.23. The molecule has 1 N–H and O–H groups in total. The highest BCUT2D eigenvalue weighted by atomic mass is 16.5. The van der Waals surface area contributed by atoms with Gasteiger partial charge in [0, 0.05) is 6.07 Å². The van der Waals surface area contributed by atoms with E-state index in [0.29, 0.717) is 17.2 Å². The predicted molar refractivity (Wildman–Crippen MR) is 87.7 cm³/mol. The lowest BCUT2D eigenvalue weighted by atomic mass is 10.2. The highest BCUT2D eigenvalue weighted by Gasteiger charge is 2.22. The number of nitrogens with zero attached hydrogens (tertiary/aromatic N) is 1. The Morgan fingerprint density at radius 2 is 1.82 bits per heavy atom. The zero-order chi connectivity index (χ0) is 15.9. The first-order valence-electron chi connectivity index (χ1n) is 7.92. The molecule has 0 radical (unpaired) electrons. The van der Waals surface area contributed by atoms with Crippen LogP contribution >= 0.6 is 0 Å². The molecule has 2 rings (SSSR count). The van der Waals surface area contributed by atoms with E-state index in [-0.39, 0.29) is 11.9 Å². The summed E-state index contributed by atoms with van der Waals surface area (Å²) in [6.45, 7) is 3.96. The fourth-order valence-corrected chi connectivity index (χ4v) is 2.79. The average molecular weight is 306 g/mol. The molecule has 0 aromatic heterocycles. The lowest BCUT2D eigenvalue weighted by molar-refractivity contribution is -0.120. The highest BCUT2D eigenvalue weighted by Crippen LogP contribution is 2.29. The number of hydrogen-bond donors (Lipinski definition) is 1. The fourth-order valence-electron chi connectivity index (χ4n) is 2.79. The Kier molecular flexibility index (Phi) is 6.07. The number of methoxy groups -OCH3 is 2. The average Bonchev–Trinajstić information content (AvgIpc) is 2.83. The van der Waals surface area contributed by atoms with Crippen LogP contribution in [0.1, 0.15) is 32.6 Å². The van der Waals surface area contributed by atoms with Crippen molar-refractivity contribution in [3.05, 3.63) is 18.2 Å². The van der Waals surface area contributed by atoms with Crippen molar-refractivity contribution in [1.29, 1.82) is 0 Å². The molecule has 0 aliphatic carbocycles. The Labute approximate surface area is 132 Å². The number of benzene rings is 1. The maximum atomic E-state index is 12.5. The predicted octanol–water partition coefficient (Wildman–Crippen LogP) is 2.91. The van der Waals surface area contributed by atoms with Crippen molar-refractivity contribution in [2.45, 2.75) is 38.6 Å². The second-order valence-electron chi connectivity index (χ2n) is 5.68. The minimum atomic E-state index is -0.134. The largest absolute Gasteiger partial charge is 0.497 e. The van der Waals surface area contributed by atoms with E-state index in [9.17, 15) is 4.79 Å². The third kappa shape index (κ3) is 4.13. The molecule has 1 saturated heterocycles. The molecule has 0 saturated carbocycles. The van der Waals surface area contributed by atoms with Gasteiger partial charge in [-0.2, -0.15) is 0 Å². The molecule has 1 aromatic rings. The van der Waals surface area contributed by atoms with Gasteiger partial charge in [0.15, 0.2) is 0 Å². The van der Waals surface area contributed by atoms with Crippen molar-refractivity contribution < 1.29 is 14.3 Å². The van der Waals surface area contributed by atoms with Crippen LogP contribution in [0, 0.1) is 0 Å². The number of rotatable bonds is 5. The standard InChI is InChI=1S/C17H26N2O3/c1-13(19-10-6-4-5-7-11-19)17(20)18-15-9-8-14(21-2)12-16(15)22-3/h8-9,12-13H,4-7,10-11H2,1-3H3,(H,18,20)/t13-/m0/s1. The highest BCUT2D eigenvalue weighted by molar-refractivity contribution is 5.96. The quantitative estimate of drug-likeness (QED) is 0.909. The van der Waals surface area contributed by atoms with Crippen LogP contribution in [0.2, 0.25) is 0 Å². The maximum absolute atomic E-state index is 12.5. The van der Waals surface area contributed by atoms with Crippen molar-refractivity contribution in [2.75, 3.05) is 32.6 Å². The molecule has 1 heterocycles. The summed E-state index contributed by atoms with van der Waals surface area (Å²) in [5, 5.41) is 2.97. The van der Waals surface area contributed by atoms with Crippen LogP contribution in [0.5, 0.6) is 11.5 Å². The topological polar surface area (TPSA) is 50.8 Å². The molecule has 0 unspecified atom stereocenters. The summed E-state index contributed by atoms with van der Waals surface area (Å²) in [6, 6.07) is 5.26. The Hall–Kier alpha value is -1.75. The van der Waals surface area contributed by atoms with Crippen molar-refractivity contribution in [2.24, 2.45) is 0 Å². The van der Waals surface area contributed by atoms with Gasteiger partial charge in [-0.15, -0.1) is 0 Å². The smallest absolute Gasteiger partial charge is 0.241 e. The second kappa shape index (κ2) is 8.03. The maximum Gasteiger partial charge on any atom is 0.241 e. The molecule has 0 spiro atoms. The minimum absolute atomic E-state index is 0.00497. The van der Waals surface area contributed by atoms with Crippen molar-refractivity contribution in [3.63, 3.8) is 0 Å². The van der Waals surface area contributed by atoms with E-state index < -0.39 is 0 Å². The van der Waals surface area contributed by atoms with Gasteiger partial charge < -0.3 is 14.8 Å². The Bertz CT molecular complexity index is 497. The summed E-state index contributed by atoms with van der Waals surface area (Å²) in [7, 11) is 3.19. The molecule has 22 heavy (non-hydrogen) atoms. The molecule has 0 bridgehead atoms. The van der Waals surface area contributed by atoms with Crippen molar-refractivity contribution in [3.8, 4) is 11.5 Å². The molecular weight excluding hydrogens is 280 g/mol. The van der Waals surface area contributed by atoms with Gasteiger partial charge in [-0.25, -0.2) is 0 Å². The first-order valence-corrected chi connectivity index (χ1v) is 7.92. The Morgan fingerprint density at radius 3 is 2.41 bits per heavy atom. The second-order valence-corrected chi connectivity index (χ2v) is 5.68. The SMILES string of the molecule is COc1ccc(NC(=O)[C@H](C)N2CCCCCC2)c(OC)c1. The molecule has 1 aliphatic heterocycles. The molecule has 1 amide bonds. The van der Waals surface area contributed by atoms with Gasteiger partial charge in [0.25, 0.3) is 0 Å². The Morgan fingerprint density at radius 1 is 1.14 bits per heavy atom. The summed E-state index contributed by atoms with van der Waals surface area (Å²) in [5.74, 6) is 1.32. The monoisotopic (exact) mass is 306 g/mol. The van der Waals surface area contributed by atoms with Crippen LogP contribution in [-0.2, 0) is 4.79 Å². The molecule has 1 aliphatic rings. The number of anilines is 1. The summed E-state index contributed by atoms with van der Waals surface area (Å²) < 4.78 is 10.5. The van der Waals surface area contributed by atoms with Gasteiger partial charge in [0.2, 0.25) is 5.91 Å². The molecule has 1 aromatic carbocycles. The van der Waals surface area contributed by atoms with Crippen LogP contribution in [0.3, 0.4) is 0 Å². The summed E-state index contributed by atoms with van der Waals surface area (Å²) in [6.07, 6.45) is 4.86. The first-order chi connectivity index (χ1) is 10.7. The zero-order valence-corrected chi connectivity index (χ0v) is 13.7. The van der Waals surface area contributed by atoms with Gasteiger partial charge in [0.1, 0.15) is 11.5 Å². The number of hydrogen-bond acceptors (Lipinski definition) is 4. The van der Waals surface area contributed by atoms with Crippen molar-refractivity contribution in [1.82, 2.24) is 4.90 Å². The summed E-state index contributed by atoms with van der Waals surface area (Å²) >= 11 is 0. The molecule has 5 heteroatoms. The van der Waals surface area contributed by atoms with Crippen LogP contribution in [-0.4, -0.2) is 44.2 Å². The normalized spacial score (nSPS) is 17.4. The van der Waals surface area contributed by atoms with Crippen LogP contribution in [0.25, 0.3) is 0 Å². The Balaban J connectivity index is 2.04. The summed E-state index contributed by atoms with van der Waals surface area (Å²) in [5.41, 5.74) is 0.676. The van der Waals surface area contributed by atoms with E-state index in [1.54, 1.807) is 20.3 Å². The minimum Gasteiger partial charge on any atom is -0.497 e. The van der Waals surface area contributed by atoms with E-state index in [4.69, 9.17) is 9.47 Å². The van der Waals surface area contributed by atoms with Crippen LogP contribution < -0.4 is 14.8 Å². The lowest BCUT2D eigenvalue weighted by Gasteiger charge is -2.26. The molecule has 5 nitrogen and oxygen atoms in total. The van der Waals surface area contributed by atoms with Crippen LogP contribution in [0.15, 0.2) is 18.2 Å². The lowest BCUT2D eigenvalue weighted by Crippen LogP contribution is -2.42. The van der Waals surface area contributed by atoms with Gasteiger partial charge in [0.05, 0.1) is 25.9 Å². The number of nitrogens with one attached hydrogen (secondary N) is 1. The number of amides is 1. The van der Waals surface area contributed by atoms with E-state index >= 15 is 0 Å². The van der Waals surface area contributed by atoms with Gasteiger partial charge in [-0.3, -0.25) is 9.69 Å². The fraction of sp³-hybridized carbons (Fsp3) is 0.588. The molecule has 1 atom stereocenters. The third-order valence-electron chi connectivity index (χ3n) is 4.23. The zero-order valence-electron chi connectivity index (χ0n) is 13.7. The van der Waals surface area contributed by atoms with Crippen LogP contribution in [0.4, 0.5) is 5.69 Å². The number of carbonyl (C=O) groups excluding carboxylic acids is 1. The summed E-state index contributed by atoms with van der Waals surface area (Å²) in [4.78, 5) is 14.8. The molecular formula is C17H26N2O3. The van der Waals surface area contributed by atoms with E-state index in [0.717, 1.165) is 13.1 Å². The van der Waals surface area contributed by atoms with Gasteiger partial charge >= 0.3 is 0 Å². The first kappa shape index (κ1) is 16.6. The van der Waals surface area contributed by atoms with Gasteiger partial charge in [-0.05, 0) is 45.0 Å². The van der Waals surface area contributed by atoms with Gasteiger partial charge in [-0.1, -0.05) is 12.8 Å². The number of carbonyl (C=O) groups is 1. The number of ether oxygens (including phenoxy) is 2. The molecule has 122 valence electrons.